The van der Waals surface area contributed by atoms with Crippen LogP contribution < -0.4 is 5.32 Å². The van der Waals surface area contributed by atoms with Gasteiger partial charge >= 0.3 is 0 Å². The Labute approximate surface area is 119 Å². The maximum atomic E-state index is 13.1. The highest BCUT2D eigenvalue weighted by Gasteiger charge is 2.23. The quantitative estimate of drug-likeness (QED) is 0.788. The summed E-state index contributed by atoms with van der Waals surface area (Å²) < 4.78 is 13.1. The van der Waals surface area contributed by atoms with Crippen LogP contribution in [0.3, 0.4) is 0 Å². The maximum absolute atomic E-state index is 13.1. The highest BCUT2D eigenvalue weighted by Crippen LogP contribution is 2.38. The van der Waals surface area contributed by atoms with Crippen LogP contribution in [-0.2, 0) is 0 Å². The first kappa shape index (κ1) is 11.8. The van der Waals surface area contributed by atoms with Crippen molar-refractivity contribution in [3.8, 4) is 11.1 Å². The van der Waals surface area contributed by atoms with Gasteiger partial charge in [0.2, 0.25) is 0 Å². The van der Waals surface area contributed by atoms with Crippen molar-refractivity contribution in [1.29, 1.82) is 0 Å². The molecule has 0 saturated heterocycles. The molecule has 20 heavy (non-hydrogen) atoms. The number of rotatable bonds is 3. The summed E-state index contributed by atoms with van der Waals surface area (Å²) in [6, 6.07) is 7.09. The predicted molar refractivity (Wildman–Crippen MR) is 79.5 cm³/mol. The highest BCUT2D eigenvalue weighted by molar-refractivity contribution is 7.17. The maximum Gasteiger partial charge on any atom is 0.139 e. The second-order valence-electron chi connectivity index (χ2n) is 4.98. The monoisotopic (exact) mass is 285 g/mol. The zero-order valence-corrected chi connectivity index (χ0v) is 11.5. The molecule has 1 aliphatic rings. The number of halogens is 1. The van der Waals surface area contributed by atoms with Crippen molar-refractivity contribution in [2.45, 2.75) is 18.9 Å². The first-order valence-corrected chi connectivity index (χ1v) is 7.44. The average Bonchev–Trinajstić information content (AvgIpc) is 3.16. The Hall–Kier alpha value is -2.01. The Morgan fingerprint density at radius 3 is 2.70 bits per heavy atom. The van der Waals surface area contributed by atoms with Crippen LogP contribution >= 0.6 is 11.3 Å². The van der Waals surface area contributed by atoms with Gasteiger partial charge in [0.1, 0.15) is 22.8 Å². The fraction of sp³-hybridized carbons (Fsp3) is 0.200. The summed E-state index contributed by atoms with van der Waals surface area (Å²) in [5.74, 6) is 0.666. The first-order valence-electron chi connectivity index (χ1n) is 6.56. The number of nitrogens with one attached hydrogen (secondary N) is 1. The van der Waals surface area contributed by atoms with Crippen LogP contribution in [0.5, 0.6) is 0 Å². The van der Waals surface area contributed by atoms with E-state index in [2.05, 4.69) is 20.7 Å². The van der Waals surface area contributed by atoms with Crippen LogP contribution in [0.4, 0.5) is 10.2 Å². The molecule has 1 N–H and O–H groups in total. The van der Waals surface area contributed by atoms with Crippen molar-refractivity contribution in [2.24, 2.45) is 0 Å². The number of fused-ring (bicyclic) bond motifs is 1. The van der Waals surface area contributed by atoms with Gasteiger partial charge in [0, 0.05) is 17.0 Å². The van der Waals surface area contributed by atoms with E-state index in [1.165, 1.54) is 25.0 Å². The van der Waals surface area contributed by atoms with E-state index in [1.54, 1.807) is 29.8 Å². The van der Waals surface area contributed by atoms with Crippen molar-refractivity contribution in [3.63, 3.8) is 0 Å². The lowest BCUT2D eigenvalue weighted by Crippen LogP contribution is -2.03. The van der Waals surface area contributed by atoms with Crippen LogP contribution in [0.2, 0.25) is 0 Å². The van der Waals surface area contributed by atoms with Crippen molar-refractivity contribution < 1.29 is 4.39 Å². The minimum absolute atomic E-state index is 0.221. The number of thiophene rings is 1. The third-order valence-corrected chi connectivity index (χ3v) is 4.33. The fourth-order valence-electron chi connectivity index (χ4n) is 2.25. The van der Waals surface area contributed by atoms with Crippen LogP contribution in [0, 0.1) is 5.82 Å². The molecule has 0 amide bonds. The lowest BCUT2D eigenvalue weighted by molar-refractivity contribution is 0.628. The number of anilines is 1. The molecule has 1 saturated carbocycles. The molecule has 0 radical (unpaired) electrons. The molecule has 0 bridgehead atoms. The van der Waals surface area contributed by atoms with Crippen molar-refractivity contribution in [2.75, 3.05) is 5.32 Å². The van der Waals surface area contributed by atoms with E-state index in [-0.39, 0.29) is 5.82 Å². The molecule has 2 aromatic heterocycles. The molecule has 0 atom stereocenters. The summed E-state index contributed by atoms with van der Waals surface area (Å²) in [5, 5.41) is 6.55. The molecule has 100 valence electrons. The summed E-state index contributed by atoms with van der Waals surface area (Å²) in [4.78, 5) is 9.66. The number of benzene rings is 1. The van der Waals surface area contributed by atoms with Crippen molar-refractivity contribution >= 4 is 27.4 Å². The Morgan fingerprint density at radius 1 is 1.15 bits per heavy atom. The van der Waals surface area contributed by atoms with Gasteiger partial charge in [-0.2, -0.15) is 0 Å². The number of hydrogen-bond donors (Lipinski definition) is 1. The zero-order valence-electron chi connectivity index (χ0n) is 10.6. The summed E-state index contributed by atoms with van der Waals surface area (Å²) in [7, 11) is 0. The second-order valence-corrected chi connectivity index (χ2v) is 5.84. The highest BCUT2D eigenvalue weighted by atomic mass is 32.1. The first-order chi connectivity index (χ1) is 9.81. The largest absolute Gasteiger partial charge is 0.367 e. The summed E-state index contributed by atoms with van der Waals surface area (Å²) in [6.45, 7) is 0. The third-order valence-electron chi connectivity index (χ3n) is 3.44. The molecule has 1 aliphatic carbocycles. The topological polar surface area (TPSA) is 37.8 Å². The number of aromatic nitrogens is 2. The fourth-order valence-corrected chi connectivity index (χ4v) is 3.16. The van der Waals surface area contributed by atoms with E-state index in [1.807, 2.05) is 0 Å². The van der Waals surface area contributed by atoms with Gasteiger partial charge in [-0.1, -0.05) is 12.1 Å². The summed E-state index contributed by atoms with van der Waals surface area (Å²) >= 11 is 1.59. The van der Waals surface area contributed by atoms with E-state index in [4.69, 9.17) is 0 Å². The van der Waals surface area contributed by atoms with E-state index < -0.39 is 0 Å². The lowest BCUT2D eigenvalue weighted by Gasteiger charge is -2.07. The van der Waals surface area contributed by atoms with Gasteiger partial charge in [0.25, 0.3) is 0 Å². The minimum atomic E-state index is -0.221. The van der Waals surface area contributed by atoms with Gasteiger partial charge in [0.15, 0.2) is 0 Å². The third kappa shape index (κ3) is 2.04. The minimum Gasteiger partial charge on any atom is -0.367 e. The van der Waals surface area contributed by atoms with Crippen LogP contribution in [0.15, 0.2) is 36.0 Å². The molecule has 0 spiro atoms. The van der Waals surface area contributed by atoms with E-state index in [9.17, 15) is 4.39 Å². The van der Waals surface area contributed by atoms with Crippen LogP contribution in [0.25, 0.3) is 21.3 Å². The second kappa shape index (κ2) is 4.52. The zero-order chi connectivity index (χ0) is 13.5. The molecule has 1 aromatic carbocycles. The van der Waals surface area contributed by atoms with Crippen molar-refractivity contribution in [3.05, 3.63) is 41.8 Å². The van der Waals surface area contributed by atoms with Crippen LogP contribution in [0.1, 0.15) is 12.8 Å². The Kier molecular flexibility index (Phi) is 2.67. The molecule has 4 rings (SSSR count). The van der Waals surface area contributed by atoms with Gasteiger partial charge in [0.05, 0.1) is 5.39 Å². The van der Waals surface area contributed by atoms with Crippen LogP contribution in [-0.4, -0.2) is 16.0 Å². The summed E-state index contributed by atoms with van der Waals surface area (Å²) in [6.07, 6.45) is 3.99. The number of hydrogen-bond acceptors (Lipinski definition) is 4. The summed E-state index contributed by atoms with van der Waals surface area (Å²) in [5.41, 5.74) is 2.06. The van der Waals surface area contributed by atoms with Gasteiger partial charge in [-0.25, -0.2) is 14.4 Å². The van der Waals surface area contributed by atoms with Crippen molar-refractivity contribution in [1.82, 2.24) is 9.97 Å². The molecule has 0 unspecified atom stereocenters. The standard InChI is InChI=1S/C15H12FN3S/c16-10-3-1-9(2-4-10)12-7-20-15-13(12)14(17-8-18-15)19-11-5-6-11/h1-4,7-8,11H,5-6H2,(H,17,18,19). The normalized spacial score (nSPS) is 14.7. The predicted octanol–water partition coefficient (Wildman–Crippen LogP) is 4.07. The number of nitrogens with zero attached hydrogens (tertiary/aromatic N) is 2. The van der Waals surface area contributed by atoms with E-state index in [0.717, 1.165) is 27.2 Å². The van der Waals surface area contributed by atoms with Gasteiger partial charge in [-0.15, -0.1) is 11.3 Å². The van der Waals surface area contributed by atoms with E-state index >= 15 is 0 Å². The van der Waals surface area contributed by atoms with Gasteiger partial charge in [-0.3, -0.25) is 0 Å². The SMILES string of the molecule is Fc1ccc(-c2csc3ncnc(NC4CC4)c23)cc1. The van der Waals surface area contributed by atoms with E-state index in [0.29, 0.717) is 6.04 Å². The Morgan fingerprint density at radius 2 is 1.95 bits per heavy atom. The molecular formula is C15H12FN3S. The average molecular weight is 285 g/mol. The Balaban J connectivity index is 1.88. The lowest BCUT2D eigenvalue weighted by atomic mass is 10.1. The molecule has 2 heterocycles. The van der Waals surface area contributed by atoms with Gasteiger partial charge in [-0.05, 0) is 30.5 Å². The molecule has 0 aliphatic heterocycles. The molecule has 3 aromatic rings. The molecule has 5 heteroatoms. The smallest absolute Gasteiger partial charge is 0.139 e. The Bertz CT molecular complexity index is 762. The molecule has 1 fully saturated rings. The molecule has 3 nitrogen and oxygen atoms in total. The van der Waals surface area contributed by atoms with Gasteiger partial charge < -0.3 is 5.32 Å². The molecular weight excluding hydrogens is 273 g/mol.